The standard InChI is InChI=1S/C15H24O4/c1-9-11(17)10-6-12(2,8-16)7-15(10,19)13(3)4-5-14(9,13)18/h9-10,16,18-19H,4-8H2,1-3H3. The molecule has 19 heavy (non-hydrogen) atoms. The van der Waals surface area contributed by atoms with Gasteiger partial charge < -0.3 is 15.3 Å². The van der Waals surface area contributed by atoms with Gasteiger partial charge in [-0.3, -0.25) is 4.79 Å². The summed E-state index contributed by atoms with van der Waals surface area (Å²) in [6.07, 6.45) is 2.25. The molecule has 0 radical (unpaired) electrons. The number of hydrogen-bond acceptors (Lipinski definition) is 4. The van der Waals surface area contributed by atoms with Gasteiger partial charge in [-0.2, -0.15) is 0 Å². The van der Waals surface area contributed by atoms with E-state index in [9.17, 15) is 20.1 Å². The molecule has 3 aliphatic carbocycles. The second-order valence-electron chi connectivity index (χ2n) is 7.71. The van der Waals surface area contributed by atoms with Gasteiger partial charge in [-0.1, -0.05) is 20.8 Å². The highest BCUT2D eigenvalue weighted by Gasteiger charge is 2.77. The quantitative estimate of drug-likeness (QED) is 0.659. The van der Waals surface area contributed by atoms with Crippen LogP contribution in [0.4, 0.5) is 0 Å². The Balaban J connectivity index is 2.10. The lowest BCUT2D eigenvalue weighted by atomic mass is 9.40. The van der Waals surface area contributed by atoms with Gasteiger partial charge in [0, 0.05) is 23.9 Å². The molecule has 0 aromatic rings. The number of hydrogen-bond donors (Lipinski definition) is 3. The minimum atomic E-state index is -1.17. The SMILES string of the molecule is CC1C(=O)C2CC(C)(CO)CC2(O)C2(C)CCC12O. The Bertz CT molecular complexity index is 449. The van der Waals surface area contributed by atoms with Crippen LogP contribution in [-0.2, 0) is 4.79 Å². The molecule has 3 rings (SSSR count). The molecular weight excluding hydrogens is 244 g/mol. The Labute approximate surface area is 113 Å². The number of rotatable bonds is 1. The van der Waals surface area contributed by atoms with E-state index >= 15 is 0 Å². The van der Waals surface area contributed by atoms with Crippen LogP contribution in [0.3, 0.4) is 0 Å². The summed E-state index contributed by atoms with van der Waals surface area (Å²) in [5.41, 5.74) is -3.28. The number of carbonyl (C=O) groups is 1. The van der Waals surface area contributed by atoms with E-state index in [-0.39, 0.29) is 12.4 Å². The maximum absolute atomic E-state index is 12.6. The summed E-state index contributed by atoms with van der Waals surface area (Å²) in [5, 5.41) is 31.6. The molecule has 3 saturated carbocycles. The molecule has 0 bridgehead atoms. The van der Waals surface area contributed by atoms with Crippen molar-refractivity contribution in [2.75, 3.05) is 6.61 Å². The van der Waals surface area contributed by atoms with Crippen LogP contribution in [0.1, 0.15) is 46.5 Å². The van der Waals surface area contributed by atoms with Crippen molar-refractivity contribution < 1.29 is 20.1 Å². The molecule has 6 atom stereocenters. The average molecular weight is 268 g/mol. The van der Waals surface area contributed by atoms with E-state index < -0.39 is 33.9 Å². The smallest absolute Gasteiger partial charge is 0.144 e. The van der Waals surface area contributed by atoms with Crippen molar-refractivity contribution in [1.82, 2.24) is 0 Å². The van der Waals surface area contributed by atoms with E-state index in [1.165, 1.54) is 0 Å². The highest BCUT2D eigenvalue weighted by Crippen LogP contribution is 2.70. The van der Waals surface area contributed by atoms with Crippen molar-refractivity contribution in [3.05, 3.63) is 0 Å². The summed E-state index contributed by atoms with van der Waals surface area (Å²) in [6.45, 7) is 5.59. The zero-order valence-corrected chi connectivity index (χ0v) is 11.9. The lowest BCUT2D eigenvalue weighted by Crippen LogP contribution is -2.76. The maximum atomic E-state index is 12.6. The van der Waals surface area contributed by atoms with Gasteiger partial charge in [-0.15, -0.1) is 0 Å². The third kappa shape index (κ3) is 1.24. The Morgan fingerprint density at radius 3 is 2.32 bits per heavy atom. The molecule has 3 N–H and O–H groups in total. The predicted octanol–water partition coefficient (Wildman–Crippen LogP) is 0.876. The Morgan fingerprint density at radius 1 is 1.21 bits per heavy atom. The van der Waals surface area contributed by atoms with Crippen LogP contribution in [0.5, 0.6) is 0 Å². The molecule has 0 saturated heterocycles. The molecule has 4 heteroatoms. The second kappa shape index (κ2) is 3.41. The van der Waals surface area contributed by atoms with E-state index in [4.69, 9.17) is 0 Å². The molecule has 0 aromatic heterocycles. The summed E-state index contributed by atoms with van der Waals surface area (Å²) in [7, 11) is 0. The molecule has 0 aromatic carbocycles. The highest BCUT2D eigenvalue weighted by atomic mass is 16.3. The molecule has 3 fully saturated rings. The van der Waals surface area contributed by atoms with Gasteiger partial charge in [0.15, 0.2) is 0 Å². The minimum Gasteiger partial charge on any atom is -0.396 e. The summed E-state index contributed by atoms with van der Waals surface area (Å²) in [5.74, 6) is -0.887. The van der Waals surface area contributed by atoms with Crippen molar-refractivity contribution in [3.8, 4) is 0 Å². The number of carbonyl (C=O) groups excluding carboxylic acids is 1. The normalized spacial score (nSPS) is 60.4. The molecule has 0 aliphatic heterocycles. The third-order valence-corrected chi connectivity index (χ3v) is 6.76. The van der Waals surface area contributed by atoms with E-state index in [0.29, 0.717) is 19.3 Å². The molecule has 0 amide bonds. The van der Waals surface area contributed by atoms with Gasteiger partial charge in [-0.05, 0) is 31.1 Å². The molecule has 3 aliphatic rings. The predicted molar refractivity (Wildman–Crippen MR) is 69.3 cm³/mol. The van der Waals surface area contributed by atoms with Gasteiger partial charge in [0.25, 0.3) is 0 Å². The zero-order valence-electron chi connectivity index (χ0n) is 11.9. The first-order valence-corrected chi connectivity index (χ1v) is 7.23. The van der Waals surface area contributed by atoms with Crippen LogP contribution >= 0.6 is 0 Å². The van der Waals surface area contributed by atoms with Crippen molar-refractivity contribution in [1.29, 1.82) is 0 Å². The van der Waals surface area contributed by atoms with Crippen LogP contribution in [0.2, 0.25) is 0 Å². The van der Waals surface area contributed by atoms with Crippen LogP contribution in [-0.4, -0.2) is 38.9 Å². The number of aliphatic hydroxyl groups excluding tert-OH is 1. The number of aliphatic hydroxyl groups is 3. The van der Waals surface area contributed by atoms with Gasteiger partial charge in [-0.25, -0.2) is 0 Å². The number of fused-ring (bicyclic) bond motifs is 3. The van der Waals surface area contributed by atoms with Crippen LogP contribution in [0.15, 0.2) is 0 Å². The topological polar surface area (TPSA) is 77.8 Å². The average Bonchev–Trinajstić information content (AvgIpc) is 2.66. The zero-order chi connectivity index (χ0) is 14.3. The molecular formula is C15H24O4. The lowest BCUT2D eigenvalue weighted by molar-refractivity contribution is -0.292. The first-order chi connectivity index (χ1) is 8.64. The van der Waals surface area contributed by atoms with Crippen LogP contribution in [0.25, 0.3) is 0 Å². The molecule has 108 valence electrons. The molecule has 6 unspecified atom stereocenters. The maximum Gasteiger partial charge on any atom is 0.144 e. The van der Waals surface area contributed by atoms with Crippen molar-refractivity contribution in [3.63, 3.8) is 0 Å². The molecule has 0 spiro atoms. The lowest BCUT2D eigenvalue weighted by Gasteiger charge is -2.67. The van der Waals surface area contributed by atoms with Crippen LogP contribution in [0, 0.1) is 22.7 Å². The van der Waals surface area contributed by atoms with E-state index in [2.05, 4.69) is 0 Å². The van der Waals surface area contributed by atoms with Gasteiger partial charge >= 0.3 is 0 Å². The second-order valence-corrected chi connectivity index (χ2v) is 7.71. The Morgan fingerprint density at radius 2 is 1.84 bits per heavy atom. The van der Waals surface area contributed by atoms with E-state index in [1.54, 1.807) is 6.92 Å². The third-order valence-electron chi connectivity index (χ3n) is 6.76. The Kier molecular flexibility index (Phi) is 2.43. The van der Waals surface area contributed by atoms with Crippen molar-refractivity contribution >= 4 is 5.78 Å². The summed E-state index contributed by atoms with van der Waals surface area (Å²) < 4.78 is 0. The van der Waals surface area contributed by atoms with E-state index in [1.807, 2.05) is 13.8 Å². The van der Waals surface area contributed by atoms with Gasteiger partial charge in [0.2, 0.25) is 0 Å². The molecule has 4 nitrogen and oxygen atoms in total. The monoisotopic (exact) mass is 268 g/mol. The number of ketones is 1. The fourth-order valence-electron chi connectivity index (χ4n) is 5.12. The minimum absolute atomic E-state index is 0.0258. The van der Waals surface area contributed by atoms with E-state index in [0.717, 1.165) is 6.42 Å². The summed E-state index contributed by atoms with van der Waals surface area (Å²) >= 11 is 0. The first-order valence-electron chi connectivity index (χ1n) is 7.23. The Hall–Kier alpha value is -0.450. The summed E-state index contributed by atoms with van der Waals surface area (Å²) in [6, 6.07) is 0. The van der Waals surface area contributed by atoms with Gasteiger partial charge in [0.1, 0.15) is 5.78 Å². The summed E-state index contributed by atoms with van der Waals surface area (Å²) in [4.78, 5) is 12.6. The fourth-order valence-corrected chi connectivity index (χ4v) is 5.12. The van der Waals surface area contributed by atoms with Crippen molar-refractivity contribution in [2.45, 2.75) is 57.7 Å². The van der Waals surface area contributed by atoms with Crippen molar-refractivity contribution in [2.24, 2.45) is 22.7 Å². The first kappa shape index (κ1) is 13.5. The van der Waals surface area contributed by atoms with Crippen LogP contribution < -0.4 is 0 Å². The highest BCUT2D eigenvalue weighted by molar-refractivity contribution is 5.88. The van der Waals surface area contributed by atoms with Gasteiger partial charge in [0.05, 0.1) is 11.2 Å². The fraction of sp³-hybridized carbons (Fsp3) is 0.933. The largest absolute Gasteiger partial charge is 0.396 e. The molecule has 0 heterocycles. The number of Topliss-reactive ketones (excluding diaryl/α,β-unsaturated/α-hetero) is 1.